The molecule has 1 aliphatic carbocycles. The van der Waals surface area contributed by atoms with Gasteiger partial charge in [-0.3, -0.25) is 4.79 Å². The van der Waals surface area contributed by atoms with Gasteiger partial charge in [0.2, 0.25) is 5.91 Å². The summed E-state index contributed by atoms with van der Waals surface area (Å²) in [6.07, 6.45) is 5.43. The molecular formula is C15H20N2O. The van der Waals surface area contributed by atoms with Crippen LogP contribution in [0.3, 0.4) is 0 Å². The van der Waals surface area contributed by atoms with Crippen LogP contribution in [0.15, 0.2) is 18.2 Å². The van der Waals surface area contributed by atoms with Gasteiger partial charge in [0.1, 0.15) is 0 Å². The molecule has 3 nitrogen and oxygen atoms in total. The van der Waals surface area contributed by atoms with E-state index in [0.717, 1.165) is 37.2 Å². The van der Waals surface area contributed by atoms with Crippen molar-refractivity contribution in [1.82, 2.24) is 0 Å². The van der Waals surface area contributed by atoms with Crippen LogP contribution in [0.2, 0.25) is 0 Å². The normalized spacial score (nSPS) is 19.4. The molecule has 2 aliphatic rings. The Balaban J connectivity index is 1.91. The highest BCUT2D eigenvalue weighted by molar-refractivity contribution is 6.10. The quantitative estimate of drug-likeness (QED) is 0.654. The van der Waals surface area contributed by atoms with Crippen LogP contribution < -0.4 is 10.6 Å². The second kappa shape index (κ2) is 4.01. The molecule has 1 saturated carbocycles. The zero-order valence-corrected chi connectivity index (χ0v) is 10.9. The maximum absolute atomic E-state index is 12.5. The molecule has 0 radical (unpaired) electrons. The Morgan fingerprint density at radius 2 is 2.11 bits per heavy atom. The number of nitrogens with zero attached hydrogens (tertiary/aromatic N) is 1. The van der Waals surface area contributed by atoms with E-state index in [0.29, 0.717) is 5.91 Å². The van der Waals surface area contributed by atoms with Crippen molar-refractivity contribution in [3.8, 4) is 0 Å². The Kier molecular flexibility index (Phi) is 2.58. The smallest absolute Gasteiger partial charge is 0.237 e. The van der Waals surface area contributed by atoms with Crippen LogP contribution in [0.25, 0.3) is 0 Å². The highest BCUT2D eigenvalue weighted by Crippen LogP contribution is 2.57. The number of nitrogen functional groups attached to an aromatic ring is 1. The summed E-state index contributed by atoms with van der Waals surface area (Å²) in [5.74, 6) is 0.305. The summed E-state index contributed by atoms with van der Waals surface area (Å²) in [7, 11) is 0. The summed E-state index contributed by atoms with van der Waals surface area (Å²) in [5.41, 5.74) is 8.70. The molecule has 1 amide bonds. The minimum Gasteiger partial charge on any atom is -0.399 e. The number of carbonyl (C=O) groups excluding carboxylic acids is 1. The number of hydrogen-bond donors (Lipinski definition) is 1. The van der Waals surface area contributed by atoms with Gasteiger partial charge in [0.05, 0.1) is 5.41 Å². The summed E-state index contributed by atoms with van der Waals surface area (Å²) < 4.78 is 0. The highest BCUT2D eigenvalue weighted by Gasteiger charge is 2.58. The highest BCUT2D eigenvalue weighted by atomic mass is 16.2. The lowest BCUT2D eigenvalue weighted by Crippen LogP contribution is -2.32. The fraction of sp³-hybridized carbons (Fsp3) is 0.533. The summed E-state index contributed by atoms with van der Waals surface area (Å²) in [6.45, 7) is 3.04. The van der Waals surface area contributed by atoms with Crippen LogP contribution in [0.1, 0.15) is 44.6 Å². The third-order valence-corrected chi connectivity index (χ3v) is 4.22. The van der Waals surface area contributed by atoms with Gasteiger partial charge in [0.15, 0.2) is 0 Å². The first kappa shape index (κ1) is 11.6. The minimum atomic E-state index is -0.197. The van der Waals surface area contributed by atoms with Gasteiger partial charge >= 0.3 is 0 Å². The van der Waals surface area contributed by atoms with Gasteiger partial charge in [-0.05, 0) is 43.0 Å². The predicted octanol–water partition coefficient (Wildman–Crippen LogP) is 2.84. The zero-order chi connectivity index (χ0) is 12.8. The average Bonchev–Trinajstić information content (AvgIpc) is 3.12. The molecule has 0 unspecified atom stereocenters. The van der Waals surface area contributed by atoms with E-state index in [-0.39, 0.29) is 5.41 Å². The number of anilines is 2. The first-order valence-corrected chi connectivity index (χ1v) is 6.91. The van der Waals surface area contributed by atoms with Gasteiger partial charge in [-0.2, -0.15) is 0 Å². The summed E-state index contributed by atoms with van der Waals surface area (Å²) in [4.78, 5) is 14.5. The predicted molar refractivity (Wildman–Crippen MR) is 73.6 cm³/mol. The van der Waals surface area contributed by atoms with Gasteiger partial charge in [-0.25, -0.2) is 0 Å². The molecule has 0 aromatic heterocycles. The molecule has 18 heavy (non-hydrogen) atoms. The SMILES string of the molecule is CCCCCN1C(=O)C2(CC2)c2cc(N)ccc21. The third-order valence-electron chi connectivity index (χ3n) is 4.22. The monoisotopic (exact) mass is 244 g/mol. The first-order chi connectivity index (χ1) is 8.69. The molecule has 2 N–H and O–H groups in total. The van der Waals surface area contributed by atoms with Crippen LogP contribution in [0.5, 0.6) is 0 Å². The van der Waals surface area contributed by atoms with E-state index in [9.17, 15) is 4.79 Å². The molecule has 1 fully saturated rings. The van der Waals surface area contributed by atoms with Crippen molar-refractivity contribution in [3.63, 3.8) is 0 Å². The lowest BCUT2D eigenvalue weighted by Gasteiger charge is -2.17. The zero-order valence-electron chi connectivity index (χ0n) is 10.9. The molecule has 1 aromatic carbocycles. The Morgan fingerprint density at radius 3 is 2.78 bits per heavy atom. The number of unbranched alkanes of at least 4 members (excludes halogenated alkanes) is 2. The molecule has 1 aliphatic heterocycles. The minimum absolute atomic E-state index is 0.197. The van der Waals surface area contributed by atoms with Gasteiger partial charge in [-0.15, -0.1) is 0 Å². The Hall–Kier alpha value is -1.51. The van der Waals surface area contributed by atoms with E-state index < -0.39 is 0 Å². The number of hydrogen-bond acceptors (Lipinski definition) is 2. The Labute approximate surface area is 108 Å². The molecule has 0 saturated heterocycles. The molecule has 0 atom stereocenters. The first-order valence-electron chi connectivity index (χ1n) is 6.91. The lowest BCUT2D eigenvalue weighted by molar-refractivity contribution is -0.120. The maximum atomic E-state index is 12.5. The van der Waals surface area contributed by atoms with Crippen molar-refractivity contribution in [2.24, 2.45) is 0 Å². The number of rotatable bonds is 4. The van der Waals surface area contributed by atoms with E-state index in [2.05, 4.69) is 6.92 Å². The molecule has 1 aromatic rings. The van der Waals surface area contributed by atoms with Crippen molar-refractivity contribution in [3.05, 3.63) is 23.8 Å². The van der Waals surface area contributed by atoms with Gasteiger partial charge in [-0.1, -0.05) is 19.8 Å². The maximum Gasteiger partial charge on any atom is 0.237 e. The summed E-state index contributed by atoms with van der Waals surface area (Å²) in [6, 6.07) is 5.92. The van der Waals surface area contributed by atoms with E-state index in [4.69, 9.17) is 5.73 Å². The van der Waals surface area contributed by atoms with Crippen molar-refractivity contribution < 1.29 is 4.79 Å². The van der Waals surface area contributed by atoms with Crippen LogP contribution in [0.4, 0.5) is 11.4 Å². The molecule has 3 rings (SSSR count). The van der Waals surface area contributed by atoms with E-state index in [1.165, 1.54) is 18.4 Å². The van der Waals surface area contributed by atoms with E-state index >= 15 is 0 Å². The van der Waals surface area contributed by atoms with Gasteiger partial charge in [0, 0.05) is 17.9 Å². The largest absolute Gasteiger partial charge is 0.399 e. The van der Waals surface area contributed by atoms with Crippen LogP contribution >= 0.6 is 0 Å². The van der Waals surface area contributed by atoms with Crippen molar-refractivity contribution in [1.29, 1.82) is 0 Å². The molecule has 96 valence electrons. The summed E-state index contributed by atoms with van der Waals surface area (Å²) >= 11 is 0. The third kappa shape index (κ3) is 1.53. The van der Waals surface area contributed by atoms with Crippen molar-refractivity contribution in [2.45, 2.75) is 44.4 Å². The lowest BCUT2D eigenvalue weighted by atomic mass is 9.97. The Morgan fingerprint density at radius 1 is 1.33 bits per heavy atom. The van der Waals surface area contributed by atoms with Crippen LogP contribution in [-0.4, -0.2) is 12.5 Å². The van der Waals surface area contributed by atoms with Crippen molar-refractivity contribution >= 4 is 17.3 Å². The fourth-order valence-electron chi connectivity index (χ4n) is 3.01. The second-order valence-corrected chi connectivity index (χ2v) is 5.52. The van der Waals surface area contributed by atoms with Crippen LogP contribution in [-0.2, 0) is 10.2 Å². The number of nitrogens with two attached hydrogens (primary N) is 1. The number of carbonyl (C=O) groups is 1. The van der Waals surface area contributed by atoms with Gasteiger partial charge in [0.25, 0.3) is 0 Å². The molecular weight excluding hydrogens is 224 g/mol. The van der Waals surface area contributed by atoms with E-state index in [1.54, 1.807) is 0 Å². The Bertz CT molecular complexity index is 491. The second-order valence-electron chi connectivity index (χ2n) is 5.52. The summed E-state index contributed by atoms with van der Waals surface area (Å²) in [5, 5.41) is 0. The number of amides is 1. The standard InChI is InChI=1S/C15H20N2O/c1-2-3-4-9-17-13-6-5-11(16)10-12(13)15(7-8-15)14(17)18/h5-6,10H,2-4,7-9,16H2,1H3. The van der Waals surface area contributed by atoms with Crippen molar-refractivity contribution in [2.75, 3.05) is 17.2 Å². The molecule has 0 bridgehead atoms. The average molecular weight is 244 g/mol. The molecule has 1 spiro atoms. The fourth-order valence-corrected chi connectivity index (χ4v) is 3.01. The number of fused-ring (bicyclic) bond motifs is 2. The van der Waals surface area contributed by atoms with Gasteiger partial charge < -0.3 is 10.6 Å². The van der Waals surface area contributed by atoms with Crippen LogP contribution in [0, 0.1) is 0 Å². The molecule has 3 heteroatoms. The molecule has 1 heterocycles. The topological polar surface area (TPSA) is 46.3 Å². The number of benzene rings is 1. The van der Waals surface area contributed by atoms with E-state index in [1.807, 2.05) is 23.1 Å².